The molecule has 28 heavy (non-hydrogen) atoms. The zero-order valence-corrected chi connectivity index (χ0v) is 16.1. The van der Waals surface area contributed by atoms with Crippen LogP contribution in [0.2, 0.25) is 5.02 Å². The van der Waals surface area contributed by atoms with E-state index in [1.165, 1.54) is 18.2 Å². The largest absolute Gasteiger partial charge is 0.402 e. The van der Waals surface area contributed by atoms with Gasteiger partial charge in [0.1, 0.15) is 0 Å². The van der Waals surface area contributed by atoms with Gasteiger partial charge in [-0.1, -0.05) is 23.7 Å². The first-order chi connectivity index (χ1) is 13.4. The van der Waals surface area contributed by atoms with Crippen molar-refractivity contribution >= 4 is 40.9 Å². The molecule has 1 aliphatic rings. The minimum atomic E-state index is -0.600. The zero-order chi connectivity index (χ0) is 20.3. The predicted octanol–water partition coefficient (Wildman–Crippen LogP) is 4.44. The minimum absolute atomic E-state index is 0.0240. The van der Waals surface area contributed by atoms with E-state index in [0.717, 1.165) is 24.3 Å². The van der Waals surface area contributed by atoms with Gasteiger partial charge in [-0.05, 0) is 43.7 Å². The summed E-state index contributed by atoms with van der Waals surface area (Å²) in [7, 11) is 0. The van der Waals surface area contributed by atoms with Gasteiger partial charge in [0.15, 0.2) is 5.70 Å². The maximum atomic E-state index is 12.2. The number of carbonyl (C=O) groups excluding carboxylic acids is 1. The van der Waals surface area contributed by atoms with Crippen LogP contribution in [0.3, 0.4) is 0 Å². The minimum Gasteiger partial charge on any atom is -0.402 e. The van der Waals surface area contributed by atoms with Gasteiger partial charge in [-0.2, -0.15) is 0 Å². The molecular weight excluding hydrogens is 382 g/mol. The van der Waals surface area contributed by atoms with E-state index in [2.05, 4.69) is 23.7 Å². The monoisotopic (exact) mass is 399 g/mol. The number of hydrogen-bond donors (Lipinski definition) is 0. The first kappa shape index (κ1) is 19.6. The molecule has 0 amide bonds. The number of anilines is 1. The molecule has 0 aliphatic carbocycles. The van der Waals surface area contributed by atoms with Crippen molar-refractivity contribution in [3.8, 4) is 0 Å². The Morgan fingerprint density at radius 3 is 2.43 bits per heavy atom. The molecule has 2 aromatic carbocycles. The van der Waals surface area contributed by atoms with Gasteiger partial charge >= 0.3 is 5.97 Å². The fraction of sp³-hybridized carbons (Fsp3) is 0.200. The van der Waals surface area contributed by atoms with Crippen LogP contribution in [0.15, 0.2) is 53.2 Å². The van der Waals surface area contributed by atoms with Gasteiger partial charge in [0.25, 0.3) is 5.69 Å². The molecule has 7 nitrogen and oxygen atoms in total. The van der Waals surface area contributed by atoms with Crippen LogP contribution < -0.4 is 4.90 Å². The van der Waals surface area contributed by atoms with Crippen LogP contribution >= 0.6 is 11.6 Å². The average molecular weight is 400 g/mol. The summed E-state index contributed by atoms with van der Waals surface area (Å²) in [6, 6.07) is 11.7. The molecule has 0 fully saturated rings. The normalized spacial score (nSPS) is 14.8. The average Bonchev–Trinajstić information content (AvgIpc) is 3.04. The highest BCUT2D eigenvalue weighted by Crippen LogP contribution is 2.27. The first-order valence-electron chi connectivity index (χ1n) is 8.74. The van der Waals surface area contributed by atoms with Crippen molar-refractivity contribution in [2.75, 3.05) is 18.0 Å². The summed E-state index contributed by atoms with van der Waals surface area (Å²) in [5.41, 5.74) is 2.22. The second kappa shape index (κ2) is 8.22. The topological polar surface area (TPSA) is 85.0 Å². The van der Waals surface area contributed by atoms with Crippen LogP contribution in [0.5, 0.6) is 0 Å². The van der Waals surface area contributed by atoms with Gasteiger partial charge in [0.05, 0.1) is 15.5 Å². The van der Waals surface area contributed by atoms with Crippen molar-refractivity contribution in [2.45, 2.75) is 13.8 Å². The molecule has 2 aromatic rings. The van der Waals surface area contributed by atoms with E-state index in [-0.39, 0.29) is 22.3 Å². The summed E-state index contributed by atoms with van der Waals surface area (Å²) in [6.07, 6.45) is 1.63. The number of non-ortho nitro benzene ring substituents is 1. The Kier molecular flexibility index (Phi) is 5.75. The van der Waals surface area contributed by atoms with Crippen LogP contribution in [0.25, 0.3) is 6.08 Å². The number of rotatable bonds is 6. The lowest BCUT2D eigenvalue weighted by Gasteiger charge is -2.20. The van der Waals surface area contributed by atoms with E-state index >= 15 is 0 Å². The van der Waals surface area contributed by atoms with E-state index < -0.39 is 10.9 Å². The number of nitro benzene ring substituents is 1. The number of nitrogens with zero attached hydrogens (tertiary/aromatic N) is 3. The summed E-state index contributed by atoms with van der Waals surface area (Å²) in [5.74, 6) is -0.576. The Morgan fingerprint density at radius 1 is 1.18 bits per heavy atom. The van der Waals surface area contributed by atoms with Crippen molar-refractivity contribution in [2.24, 2.45) is 4.99 Å². The predicted molar refractivity (Wildman–Crippen MR) is 109 cm³/mol. The van der Waals surface area contributed by atoms with E-state index in [1.54, 1.807) is 6.08 Å². The molecule has 1 aliphatic heterocycles. The van der Waals surface area contributed by atoms with Gasteiger partial charge in [-0.3, -0.25) is 10.1 Å². The Balaban J connectivity index is 1.86. The number of cyclic esters (lactones) is 1. The van der Waals surface area contributed by atoms with Gasteiger partial charge in [-0.25, -0.2) is 9.79 Å². The molecule has 0 N–H and O–H groups in total. The van der Waals surface area contributed by atoms with Gasteiger partial charge in [-0.15, -0.1) is 0 Å². The maximum Gasteiger partial charge on any atom is 0.363 e. The number of ether oxygens (including phenoxy) is 1. The van der Waals surface area contributed by atoms with Crippen LogP contribution in [0.1, 0.15) is 25.0 Å². The van der Waals surface area contributed by atoms with E-state index in [0.29, 0.717) is 5.56 Å². The Morgan fingerprint density at radius 2 is 1.86 bits per heavy atom. The van der Waals surface area contributed by atoms with Crippen molar-refractivity contribution in [1.82, 2.24) is 0 Å². The lowest BCUT2D eigenvalue weighted by atomic mass is 10.1. The van der Waals surface area contributed by atoms with Crippen molar-refractivity contribution in [1.29, 1.82) is 0 Å². The summed E-state index contributed by atoms with van der Waals surface area (Å²) >= 11 is 6.08. The second-order valence-corrected chi connectivity index (χ2v) is 6.43. The molecule has 0 saturated carbocycles. The third-order valence-electron chi connectivity index (χ3n) is 4.34. The SMILES string of the molecule is CCN(CC)c1ccc(/C=C2\N=C(c3ccc([N+](=O)[O-])cc3Cl)OC2=O)cc1. The zero-order valence-electron chi connectivity index (χ0n) is 15.4. The van der Waals surface area contributed by atoms with Crippen LogP contribution in [-0.4, -0.2) is 29.9 Å². The van der Waals surface area contributed by atoms with Gasteiger partial charge < -0.3 is 9.64 Å². The lowest BCUT2D eigenvalue weighted by Crippen LogP contribution is -2.21. The fourth-order valence-electron chi connectivity index (χ4n) is 2.84. The van der Waals surface area contributed by atoms with Crippen molar-refractivity contribution in [3.63, 3.8) is 0 Å². The molecule has 0 radical (unpaired) electrons. The standard InChI is InChI=1S/C20H18ClN3O4/c1-3-23(4-2)14-7-5-13(6-8-14)11-18-20(25)28-19(22-18)16-10-9-15(24(26)27)12-17(16)21/h5-12H,3-4H2,1-2H3/b18-11-. The van der Waals surface area contributed by atoms with E-state index in [1.807, 2.05) is 24.3 Å². The number of halogens is 1. The van der Waals surface area contributed by atoms with Crippen LogP contribution in [0.4, 0.5) is 11.4 Å². The molecule has 0 atom stereocenters. The third kappa shape index (κ3) is 4.04. The molecule has 0 unspecified atom stereocenters. The number of benzene rings is 2. The number of aliphatic imine (C=N–C) groups is 1. The molecule has 144 valence electrons. The highest BCUT2D eigenvalue weighted by Gasteiger charge is 2.26. The number of carbonyl (C=O) groups is 1. The Hall–Kier alpha value is -3.19. The number of esters is 1. The fourth-order valence-corrected chi connectivity index (χ4v) is 3.10. The third-order valence-corrected chi connectivity index (χ3v) is 4.65. The Labute approximate surface area is 167 Å². The summed E-state index contributed by atoms with van der Waals surface area (Å²) < 4.78 is 5.19. The highest BCUT2D eigenvalue weighted by molar-refractivity contribution is 6.34. The number of nitro groups is 1. The molecule has 1 heterocycles. The molecule has 0 aromatic heterocycles. The van der Waals surface area contributed by atoms with E-state index in [4.69, 9.17) is 16.3 Å². The van der Waals surface area contributed by atoms with Gasteiger partial charge in [0.2, 0.25) is 5.90 Å². The summed E-state index contributed by atoms with van der Waals surface area (Å²) in [4.78, 5) is 28.8. The van der Waals surface area contributed by atoms with Crippen LogP contribution in [-0.2, 0) is 9.53 Å². The maximum absolute atomic E-state index is 12.2. The summed E-state index contributed by atoms with van der Waals surface area (Å²) in [5, 5.41) is 10.9. The quantitative estimate of drug-likeness (QED) is 0.310. The molecule has 0 bridgehead atoms. The first-order valence-corrected chi connectivity index (χ1v) is 9.12. The van der Waals surface area contributed by atoms with Crippen LogP contribution in [0, 0.1) is 10.1 Å². The Bertz CT molecular complexity index is 979. The highest BCUT2D eigenvalue weighted by atomic mass is 35.5. The summed E-state index contributed by atoms with van der Waals surface area (Å²) in [6.45, 7) is 6.00. The molecule has 0 saturated heterocycles. The molecule has 3 rings (SSSR count). The van der Waals surface area contributed by atoms with E-state index in [9.17, 15) is 14.9 Å². The molecule has 8 heteroatoms. The molecular formula is C20H18ClN3O4. The molecule has 0 spiro atoms. The smallest absolute Gasteiger partial charge is 0.363 e. The number of hydrogen-bond acceptors (Lipinski definition) is 6. The van der Waals surface area contributed by atoms with Gasteiger partial charge in [0, 0.05) is 30.9 Å². The van der Waals surface area contributed by atoms with Crippen molar-refractivity contribution in [3.05, 3.63) is 74.4 Å². The second-order valence-electron chi connectivity index (χ2n) is 6.02. The van der Waals surface area contributed by atoms with Crippen molar-refractivity contribution < 1.29 is 14.5 Å². The lowest BCUT2D eigenvalue weighted by molar-refractivity contribution is -0.384.